The smallest absolute Gasteiger partial charge is 0.319 e. The van der Waals surface area contributed by atoms with Gasteiger partial charge in [-0.05, 0) is 42.7 Å². The molecule has 2 aromatic rings. The standard InChI is InChI=1S/C19H21FN2O3/c1-24-16-6-3-2-5-15(16)21-19(23)22-18(17-7-4-12-25-17)13-8-10-14(20)11-9-13/h2-3,5-6,8-11,17-18H,4,7,12H2,1H3,(H2,21,22,23). The molecular formula is C19H21FN2O3. The van der Waals surface area contributed by atoms with Gasteiger partial charge in [-0.1, -0.05) is 24.3 Å². The van der Waals surface area contributed by atoms with E-state index in [-0.39, 0.29) is 24.0 Å². The molecule has 1 heterocycles. The van der Waals surface area contributed by atoms with Crippen molar-refractivity contribution < 1.29 is 18.7 Å². The molecule has 1 fully saturated rings. The van der Waals surface area contributed by atoms with Crippen LogP contribution < -0.4 is 15.4 Å². The Kier molecular flexibility index (Phi) is 5.50. The normalized spacial score (nSPS) is 17.8. The van der Waals surface area contributed by atoms with Gasteiger partial charge in [0.25, 0.3) is 0 Å². The number of nitrogens with one attached hydrogen (secondary N) is 2. The maximum Gasteiger partial charge on any atom is 0.319 e. The zero-order chi connectivity index (χ0) is 17.6. The molecule has 0 radical (unpaired) electrons. The number of carbonyl (C=O) groups excluding carboxylic acids is 1. The second kappa shape index (κ2) is 7.98. The van der Waals surface area contributed by atoms with Crippen LogP contribution in [0, 0.1) is 5.82 Å². The lowest BCUT2D eigenvalue weighted by Gasteiger charge is -2.25. The largest absolute Gasteiger partial charge is 0.495 e. The predicted octanol–water partition coefficient (Wildman–Crippen LogP) is 3.88. The Labute approximate surface area is 146 Å². The first-order valence-electron chi connectivity index (χ1n) is 8.25. The van der Waals surface area contributed by atoms with Crippen molar-refractivity contribution in [1.82, 2.24) is 5.32 Å². The van der Waals surface area contributed by atoms with Crippen molar-refractivity contribution in [3.63, 3.8) is 0 Å². The average Bonchev–Trinajstić information content (AvgIpc) is 3.15. The lowest BCUT2D eigenvalue weighted by Crippen LogP contribution is -2.38. The fourth-order valence-corrected chi connectivity index (χ4v) is 2.97. The summed E-state index contributed by atoms with van der Waals surface area (Å²) in [5, 5.41) is 5.73. The molecule has 2 amide bonds. The molecule has 25 heavy (non-hydrogen) atoms. The SMILES string of the molecule is COc1ccccc1NC(=O)NC(c1ccc(F)cc1)C1CCCO1. The Hall–Kier alpha value is -2.60. The number of urea groups is 1. The average molecular weight is 344 g/mol. The Morgan fingerprint density at radius 2 is 2.00 bits per heavy atom. The van der Waals surface area contributed by atoms with E-state index in [0.29, 0.717) is 18.0 Å². The van der Waals surface area contributed by atoms with E-state index >= 15 is 0 Å². The summed E-state index contributed by atoms with van der Waals surface area (Å²) in [5.41, 5.74) is 1.39. The van der Waals surface area contributed by atoms with E-state index in [9.17, 15) is 9.18 Å². The minimum Gasteiger partial charge on any atom is -0.495 e. The van der Waals surface area contributed by atoms with Crippen molar-refractivity contribution in [3.8, 4) is 5.75 Å². The molecule has 0 bridgehead atoms. The summed E-state index contributed by atoms with van der Waals surface area (Å²) < 4.78 is 24.2. The monoisotopic (exact) mass is 344 g/mol. The minimum absolute atomic E-state index is 0.131. The van der Waals surface area contributed by atoms with Crippen LogP contribution in [0.25, 0.3) is 0 Å². The Morgan fingerprint density at radius 1 is 1.24 bits per heavy atom. The first kappa shape index (κ1) is 17.2. The summed E-state index contributed by atoms with van der Waals surface area (Å²) in [4.78, 5) is 12.5. The lowest BCUT2D eigenvalue weighted by molar-refractivity contribution is 0.0815. The number of methoxy groups -OCH3 is 1. The van der Waals surface area contributed by atoms with Gasteiger partial charge in [0.1, 0.15) is 11.6 Å². The fraction of sp³-hybridized carbons (Fsp3) is 0.316. The second-order valence-electron chi connectivity index (χ2n) is 5.88. The second-order valence-corrected chi connectivity index (χ2v) is 5.88. The van der Waals surface area contributed by atoms with Crippen molar-refractivity contribution in [2.45, 2.75) is 25.0 Å². The van der Waals surface area contributed by atoms with Gasteiger partial charge in [0.2, 0.25) is 0 Å². The molecule has 132 valence electrons. The van der Waals surface area contributed by atoms with Crippen molar-refractivity contribution >= 4 is 11.7 Å². The molecule has 1 saturated heterocycles. The van der Waals surface area contributed by atoms with Gasteiger partial charge in [0, 0.05) is 6.61 Å². The quantitative estimate of drug-likeness (QED) is 0.865. The number of anilines is 1. The first-order valence-corrected chi connectivity index (χ1v) is 8.25. The van der Waals surface area contributed by atoms with E-state index in [1.54, 1.807) is 31.4 Å². The maximum absolute atomic E-state index is 13.2. The number of benzene rings is 2. The molecule has 0 aliphatic carbocycles. The number of para-hydroxylation sites is 2. The number of halogens is 1. The summed E-state index contributed by atoms with van der Waals surface area (Å²) in [5.74, 6) is 0.265. The third-order valence-electron chi connectivity index (χ3n) is 4.21. The molecule has 6 heteroatoms. The molecule has 3 rings (SSSR count). The van der Waals surface area contributed by atoms with Crippen LogP contribution in [0.5, 0.6) is 5.75 Å². The topological polar surface area (TPSA) is 59.6 Å². The molecule has 0 aromatic heterocycles. The van der Waals surface area contributed by atoms with Gasteiger partial charge in [-0.15, -0.1) is 0 Å². The predicted molar refractivity (Wildman–Crippen MR) is 93.3 cm³/mol. The molecular weight excluding hydrogens is 323 g/mol. The lowest BCUT2D eigenvalue weighted by atomic mass is 9.99. The van der Waals surface area contributed by atoms with Crippen LogP contribution >= 0.6 is 0 Å². The van der Waals surface area contributed by atoms with Crippen molar-refractivity contribution in [1.29, 1.82) is 0 Å². The minimum atomic E-state index is -0.366. The van der Waals surface area contributed by atoms with Crippen LogP contribution in [0.2, 0.25) is 0 Å². The highest BCUT2D eigenvalue weighted by Crippen LogP contribution is 2.28. The molecule has 0 spiro atoms. The summed E-state index contributed by atoms with van der Waals surface area (Å²) in [6, 6.07) is 12.6. The Morgan fingerprint density at radius 3 is 2.68 bits per heavy atom. The third-order valence-corrected chi connectivity index (χ3v) is 4.21. The maximum atomic E-state index is 13.2. The molecule has 1 aliphatic heterocycles. The summed E-state index contributed by atoms with van der Waals surface area (Å²) in [6.45, 7) is 0.665. The molecule has 5 nitrogen and oxygen atoms in total. The van der Waals surface area contributed by atoms with Crippen LogP contribution in [0.15, 0.2) is 48.5 Å². The van der Waals surface area contributed by atoms with Gasteiger partial charge in [0.05, 0.1) is 24.9 Å². The zero-order valence-electron chi connectivity index (χ0n) is 14.0. The van der Waals surface area contributed by atoms with Gasteiger partial charge in [-0.2, -0.15) is 0 Å². The van der Waals surface area contributed by atoms with E-state index in [0.717, 1.165) is 18.4 Å². The summed E-state index contributed by atoms with van der Waals surface area (Å²) in [7, 11) is 1.55. The fourth-order valence-electron chi connectivity index (χ4n) is 2.97. The van der Waals surface area contributed by atoms with Crippen molar-refractivity contribution in [3.05, 3.63) is 59.9 Å². The van der Waals surface area contributed by atoms with Crippen LogP contribution in [-0.4, -0.2) is 25.9 Å². The summed E-state index contributed by atoms with van der Waals surface area (Å²) in [6.07, 6.45) is 1.66. The highest BCUT2D eigenvalue weighted by molar-refractivity contribution is 5.91. The van der Waals surface area contributed by atoms with Crippen LogP contribution in [0.3, 0.4) is 0 Å². The number of amides is 2. The summed E-state index contributed by atoms with van der Waals surface area (Å²) >= 11 is 0. The van der Waals surface area contributed by atoms with Gasteiger partial charge in [-0.3, -0.25) is 0 Å². The Balaban J connectivity index is 1.75. The van der Waals surface area contributed by atoms with Gasteiger partial charge in [-0.25, -0.2) is 9.18 Å². The van der Waals surface area contributed by atoms with E-state index in [4.69, 9.17) is 9.47 Å². The van der Waals surface area contributed by atoms with E-state index < -0.39 is 0 Å². The molecule has 1 aliphatic rings. The number of hydrogen-bond donors (Lipinski definition) is 2. The third kappa shape index (κ3) is 4.28. The molecule has 2 aromatic carbocycles. The van der Waals surface area contributed by atoms with Crippen molar-refractivity contribution in [2.24, 2.45) is 0 Å². The number of rotatable bonds is 5. The van der Waals surface area contributed by atoms with Gasteiger partial charge >= 0.3 is 6.03 Å². The molecule has 2 unspecified atom stereocenters. The number of ether oxygens (including phenoxy) is 2. The van der Waals surface area contributed by atoms with Crippen LogP contribution in [-0.2, 0) is 4.74 Å². The van der Waals surface area contributed by atoms with E-state index in [2.05, 4.69) is 10.6 Å². The van der Waals surface area contributed by atoms with Crippen LogP contribution in [0.4, 0.5) is 14.9 Å². The number of hydrogen-bond acceptors (Lipinski definition) is 3. The van der Waals surface area contributed by atoms with Crippen molar-refractivity contribution in [2.75, 3.05) is 19.0 Å². The van der Waals surface area contributed by atoms with E-state index in [1.165, 1.54) is 12.1 Å². The number of carbonyl (C=O) groups is 1. The highest BCUT2D eigenvalue weighted by atomic mass is 19.1. The van der Waals surface area contributed by atoms with E-state index in [1.807, 2.05) is 12.1 Å². The van der Waals surface area contributed by atoms with Gasteiger partial charge in [0.15, 0.2) is 0 Å². The molecule has 2 N–H and O–H groups in total. The zero-order valence-corrected chi connectivity index (χ0v) is 14.0. The molecule has 2 atom stereocenters. The Bertz CT molecular complexity index is 715. The molecule has 0 saturated carbocycles. The highest BCUT2D eigenvalue weighted by Gasteiger charge is 2.29. The van der Waals surface area contributed by atoms with Gasteiger partial charge < -0.3 is 20.1 Å². The van der Waals surface area contributed by atoms with Crippen LogP contribution in [0.1, 0.15) is 24.4 Å². The first-order chi connectivity index (χ1) is 12.2.